The average Bonchev–Trinajstić information content (AvgIpc) is 1.64. The molecule has 6 amide bonds. The first-order valence-corrected chi connectivity index (χ1v) is 40.6. The first-order chi connectivity index (χ1) is 52.6. The van der Waals surface area contributed by atoms with Crippen LogP contribution in [0.1, 0.15) is 132 Å². The molecule has 0 saturated carbocycles. The van der Waals surface area contributed by atoms with Gasteiger partial charge in [0.1, 0.15) is 30.2 Å². The number of hydrogen-bond acceptors (Lipinski definition) is 25. The van der Waals surface area contributed by atoms with Gasteiger partial charge in [-0.25, -0.2) is 14.3 Å². The van der Waals surface area contributed by atoms with Gasteiger partial charge in [0, 0.05) is 88.4 Å². The van der Waals surface area contributed by atoms with Gasteiger partial charge in [-0.05, 0) is 98.9 Å². The third kappa shape index (κ3) is 26.2. The summed E-state index contributed by atoms with van der Waals surface area (Å²) in [6.45, 7) is 2.33. The molecule has 1 aliphatic carbocycles. The summed E-state index contributed by atoms with van der Waals surface area (Å²) in [5.74, 6) is -13.0. The smallest absolute Gasteiger partial charge is 0.472 e. The number of carboxylic acid groups (broad SMARTS) is 1. The Morgan fingerprint density at radius 3 is 2.21 bits per heavy atom. The summed E-state index contributed by atoms with van der Waals surface area (Å²) in [7, 11) is -1.22. The number of Topliss-reactive ketones (excluding diaryl/α,β-unsaturated/α-hetero) is 3. The van der Waals surface area contributed by atoms with Crippen molar-refractivity contribution >= 4 is 111 Å². The first kappa shape index (κ1) is 86.8. The Labute approximate surface area is 643 Å². The number of hydrogen-bond donors (Lipinski definition) is 14. The summed E-state index contributed by atoms with van der Waals surface area (Å²) in [5, 5.41) is 57.9. The highest BCUT2D eigenvalue weighted by Gasteiger charge is 2.41. The van der Waals surface area contributed by atoms with E-state index in [1.54, 1.807) is 42.5 Å². The quantitative estimate of drug-likeness (QED) is 0.0159. The molecule has 33 nitrogen and oxygen atoms in total. The van der Waals surface area contributed by atoms with E-state index >= 15 is 14.4 Å². The normalized spacial score (nSPS) is 22.8. The lowest BCUT2D eigenvalue weighted by Gasteiger charge is -2.28. The number of nitrogens with two attached hydrogens (primary N) is 2. The zero-order chi connectivity index (χ0) is 79.6. The summed E-state index contributed by atoms with van der Waals surface area (Å²) in [6, 6.07) is 14.3. The molecule has 4 heterocycles. The van der Waals surface area contributed by atoms with Gasteiger partial charge in [-0.3, -0.25) is 66.5 Å². The number of phenolic OH excluding ortho intramolecular Hbond substituents is 1. The highest BCUT2D eigenvalue weighted by molar-refractivity contribution is 8.76. The van der Waals surface area contributed by atoms with E-state index in [1.807, 2.05) is 30.3 Å². The molecule has 2 saturated heterocycles. The zero-order valence-electron chi connectivity index (χ0n) is 61.5. The Bertz CT molecular complexity index is 4150. The minimum absolute atomic E-state index is 0.0476. The number of amides is 6. The van der Waals surface area contributed by atoms with Crippen LogP contribution >= 0.6 is 29.4 Å². The number of carbonyl (C=O) groups is 10. The molecule has 0 bridgehead atoms. The van der Waals surface area contributed by atoms with E-state index in [2.05, 4.69) is 46.9 Å². The van der Waals surface area contributed by atoms with Gasteiger partial charge in [-0.1, -0.05) is 114 Å². The van der Waals surface area contributed by atoms with Crippen LogP contribution in [0.25, 0.3) is 16.7 Å². The van der Waals surface area contributed by atoms with Gasteiger partial charge in [0.15, 0.2) is 34.6 Å². The van der Waals surface area contributed by atoms with Crippen LogP contribution in [0.4, 0.5) is 5.95 Å². The molecule has 2 aliphatic heterocycles. The molecule has 36 heteroatoms. The largest absolute Gasteiger partial charge is 0.508 e. The molecule has 8 rings (SSSR count). The number of H-pyrrole nitrogens is 1. The number of nitrogens with one attached hydrogen (secondary N) is 7. The maximum atomic E-state index is 15.3. The fraction of sp³-hybridized carbons (Fsp3) is 0.527. The molecule has 16 N–H and O–H groups in total. The van der Waals surface area contributed by atoms with Crippen molar-refractivity contribution < 1.29 is 96.4 Å². The monoisotopic (exact) mass is 1590 g/mol. The molecule has 3 aromatic carbocycles. The lowest BCUT2D eigenvalue weighted by atomic mass is 9.87. The van der Waals surface area contributed by atoms with E-state index < -0.39 is 170 Å². The van der Waals surface area contributed by atoms with E-state index in [4.69, 9.17) is 30.0 Å². The van der Waals surface area contributed by atoms with E-state index in [-0.39, 0.29) is 106 Å². The lowest BCUT2D eigenvalue weighted by molar-refractivity contribution is -0.145. The summed E-state index contributed by atoms with van der Waals surface area (Å²) in [5.41, 5.74) is 14.9. The molecule has 3 aliphatic rings. The summed E-state index contributed by atoms with van der Waals surface area (Å²) >= 11 is 0. The Morgan fingerprint density at radius 2 is 1.49 bits per heavy atom. The molecular weight excluding hydrogens is 1490 g/mol. The number of benzene rings is 3. The van der Waals surface area contributed by atoms with Gasteiger partial charge in [-0.15, -0.1) is 0 Å². The number of aromatic amines is 1. The van der Waals surface area contributed by atoms with Gasteiger partial charge in [-0.2, -0.15) is 4.98 Å². The molecule has 598 valence electrons. The van der Waals surface area contributed by atoms with E-state index in [1.165, 1.54) is 37.1 Å². The number of fused-ring (bicyclic) bond motifs is 2. The summed E-state index contributed by atoms with van der Waals surface area (Å²) in [6.07, 6.45) is -1.10. The number of aliphatic hydroxyl groups is 2. The lowest BCUT2D eigenvalue weighted by Crippen LogP contribution is -2.54. The minimum atomic E-state index is -4.55. The predicted octanol–water partition coefficient (Wildman–Crippen LogP) is 3.34. The molecule has 14 atom stereocenters. The van der Waals surface area contributed by atoms with Crippen LogP contribution in [0, 0.1) is 17.8 Å². The third-order valence-corrected chi connectivity index (χ3v) is 22.7. The number of carboxylic acids is 1. The highest BCUT2D eigenvalue weighted by atomic mass is 33.1. The molecule has 1 unspecified atom stereocenters. The molecule has 110 heavy (non-hydrogen) atoms. The van der Waals surface area contributed by atoms with E-state index in [0.29, 0.717) is 56.1 Å². The van der Waals surface area contributed by atoms with Gasteiger partial charge < -0.3 is 78.2 Å². The molecule has 0 radical (unpaired) electrons. The molecule has 0 spiro atoms. The van der Waals surface area contributed by atoms with Crippen molar-refractivity contribution in [2.75, 3.05) is 50.7 Å². The minimum Gasteiger partial charge on any atom is -0.508 e. The van der Waals surface area contributed by atoms with E-state index in [9.17, 15) is 68.2 Å². The van der Waals surface area contributed by atoms with Gasteiger partial charge in [0.05, 0.1) is 55.9 Å². The first-order valence-electron chi connectivity index (χ1n) is 36.6. The number of methoxy groups -OCH3 is 1. The number of carbonyl (C=O) groups excluding carboxylic acids is 9. The number of ether oxygens (including phenoxy) is 2. The second-order valence-electron chi connectivity index (χ2n) is 27.6. The van der Waals surface area contributed by atoms with Gasteiger partial charge in [0.2, 0.25) is 41.4 Å². The Kier molecular flexibility index (Phi) is 33.6. The topological polar surface area (TPSA) is 514 Å². The number of imidazole rings is 1. The van der Waals surface area contributed by atoms with Crippen molar-refractivity contribution in [3.8, 4) is 5.75 Å². The number of nitrogens with zero attached hydrogens (tertiary/aromatic N) is 3. The van der Waals surface area contributed by atoms with Crippen LogP contribution in [-0.4, -0.2) is 203 Å². The van der Waals surface area contributed by atoms with Gasteiger partial charge in [0.25, 0.3) is 5.56 Å². The number of allylic oxidation sites excluding steroid dienone is 1. The number of aliphatic carboxylic acids is 1. The van der Waals surface area contributed by atoms with Crippen LogP contribution in [0.2, 0.25) is 0 Å². The predicted molar refractivity (Wildman–Crippen MR) is 407 cm³/mol. The fourth-order valence-electron chi connectivity index (χ4n) is 13.1. The van der Waals surface area contributed by atoms with Crippen LogP contribution in [0.3, 0.4) is 0 Å². The van der Waals surface area contributed by atoms with Crippen molar-refractivity contribution in [3.63, 3.8) is 0 Å². The number of phosphoric ester groups is 1. The standard InChI is InChI=1S/C74H99N12O21PS2/c1-42(87)64-58(92)36-50(70(97)83-65(43(2)88)73(100)101)39-109-110-40-55(57(91)35-49(31-45-20-24-51(89)25-21-45)69(96)80-53(33-47-23-22-46-17-9-10-19-52(46)47)56(90)34-48(68(95)82-64)18-11-12-28-75)81-71(98)54(32-44-15-7-6-8-16-44)79-62(94)27-26-61(93)77-29-13-4-5-14-30-105-108(102,103)106-38-60-59(104-3)37-63(107-60)86-41-78-66-67(86)84-74(76)85-72(66)99/h6-10,15-17,19-21,23-25,41-43,48-50,53-55,59-60,63-65,87-89H,4-5,11-14,18,22,26-40,75H2,1-3H3,(H,77,93)(H,79,94)(H,80,96)(H,81,98)(H,82,95)(H,83,97)(H,100,101)(H,102,103)(H3,76,84,85,99)/t42-,43-,48-,49-,50+,53-,54-,55+,59+,60-,63-,64+,65+/m1/s1. The van der Waals surface area contributed by atoms with Crippen molar-refractivity contribution in [2.24, 2.45) is 23.5 Å². The highest BCUT2D eigenvalue weighted by Crippen LogP contribution is 2.45. The van der Waals surface area contributed by atoms with Crippen LogP contribution < -0.4 is 48.9 Å². The fourth-order valence-corrected chi connectivity index (χ4v) is 16.4. The summed E-state index contributed by atoms with van der Waals surface area (Å²) < 4.78 is 36.5. The SMILES string of the molecule is CO[C@H]1C[C@H](n2cnc3c(=O)[nH]c(N)nc32)O[C@@H]1COP(=O)(O)OCCCCCCNC(=O)CCC(=O)N[C@H](Cc1ccccc1)C(=O)N[C@H]1CSSC[C@@H](C(=O)N[C@H](C(=O)O)[C@@H](C)O)CC(=O)[C@H]([C@@H](C)O)NC(=O)[C@H](CCCCN)CC(=O)[C@@H](CC2=CCc3ccccc32)NC(=O)[C@H](Cc2ccc(O)cc2)CC1=O. The number of rotatable bonds is 34. The maximum absolute atomic E-state index is 15.3. The molecule has 2 fully saturated rings. The van der Waals surface area contributed by atoms with Crippen molar-refractivity contribution in [2.45, 2.75) is 184 Å². The average molecular weight is 1590 g/mol. The number of unbranched alkanes of at least 4 members (excludes halogenated alkanes) is 4. The third-order valence-electron chi connectivity index (χ3n) is 19.2. The number of phosphoric acid groups is 1. The van der Waals surface area contributed by atoms with Crippen molar-refractivity contribution in [3.05, 3.63) is 124 Å². The number of phenols is 1. The van der Waals surface area contributed by atoms with Gasteiger partial charge >= 0.3 is 13.8 Å². The number of ketones is 3. The second-order valence-corrected chi connectivity index (χ2v) is 31.6. The van der Waals surface area contributed by atoms with Crippen LogP contribution in [0.15, 0.2) is 96.1 Å². The maximum Gasteiger partial charge on any atom is 0.472 e. The molecule has 2 aromatic heterocycles. The number of aromatic hydroxyl groups is 1. The summed E-state index contributed by atoms with van der Waals surface area (Å²) in [4.78, 5) is 177. The molecular formula is C74H99N12O21PS2. The number of nitrogen functional groups attached to an aromatic ring is 1. The Balaban J connectivity index is 0.948. The van der Waals surface area contributed by atoms with Crippen LogP contribution in [0.5, 0.6) is 5.75 Å². The van der Waals surface area contributed by atoms with Crippen molar-refractivity contribution in [1.82, 2.24) is 51.4 Å². The number of aliphatic hydroxyl groups excluding tert-OH is 2. The van der Waals surface area contributed by atoms with E-state index in [0.717, 1.165) is 45.2 Å². The number of aromatic nitrogens is 4. The van der Waals surface area contributed by atoms with Crippen molar-refractivity contribution in [1.29, 1.82) is 0 Å². The Hall–Kier alpha value is -8.74. The molecule has 5 aromatic rings. The zero-order valence-corrected chi connectivity index (χ0v) is 64.0. The number of anilines is 1. The van der Waals surface area contributed by atoms with Crippen LogP contribution in [-0.2, 0) is 90.3 Å². The second kappa shape index (κ2) is 42.6. The Morgan fingerprint density at radius 1 is 0.791 bits per heavy atom.